The van der Waals surface area contributed by atoms with Crippen molar-refractivity contribution in [3.63, 3.8) is 0 Å². The summed E-state index contributed by atoms with van der Waals surface area (Å²) in [7, 11) is 0. The molecule has 0 aliphatic heterocycles. The Balaban J connectivity index is 2.52. The molecule has 108 valence electrons. The van der Waals surface area contributed by atoms with E-state index in [2.05, 4.69) is 5.10 Å². The predicted octanol–water partition coefficient (Wildman–Crippen LogP) is 2.59. The normalized spacial score (nSPS) is 10.4. The molecule has 0 spiro atoms. The van der Waals surface area contributed by atoms with E-state index in [9.17, 15) is 4.79 Å². The van der Waals surface area contributed by atoms with E-state index >= 15 is 0 Å². The standard InChI is InChI=1S/C16H17N3O2/c1-4-19-16(20)13(10-17)9-15(18-19)12-6-5-7-14(8-12)21-11(2)3/h5-9,11H,4H2,1-3H3. The van der Waals surface area contributed by atoms with E-state index in [1.54, 1.807) is 0 Å². The van der Waals surface area contributed by atoms with E-state index in [-0.39, 0.29) is 17.2 Å². The molecule has 0 aliphatic rings. The van der Waals surface area contributed by atoms with Gasteiger partial charge >= 0.3 is 0 Å². The third-order valence-corrected chi connectivity index (χ3v) is 2.90. The van der Waals surface area contributed by atoms with Crippen LogP contribution in [0.1, 0.15) is 26.3 Å². The zero-order valence-corrected chi connectivity index (χ0v) is 12.3. The molecular formula is C16H17N3O2. The van der Waals surface area contributed by atoms with Gasteiger partial charge in [-0.05, 0) is 39.0 Å². The van der Waals surface area contributed by atoms with Gasteiger partial charge in [0.15, 0.2) is 0 Å². The van der Waals surface area contributed by atoms with Gasteiger partial charge in [0.1, 0.15) is 17.4 Å². The molecule has 0 amide bonds. The third kappa shape index (κ3) is 3.29. The lowest BCUT2D eigenvalue weighted by molar-refractivity contribution is 0.242. The molecule has 0 aliphatic carbocycles. The number of aromatic nitrogens is 2. The fraction of sp³-hybridized carbons (Fsp3) is 0.312. The van der Waals surface area contributed by atoms with Crippen LogP contribution in [0.3, 0.4) is 0 Å². The van der Waals surface area contributed by atoms with Crippen molar-refractivity contribution in [2.75, 3.05) is 0 Å². The number of ether oxygens (including phenoxy) is 1. The van der Waals surface area contributed by atoms with Crippen LogP contribution in [0, 0.1) is 11.3 Å². The Morgan fingerprint density at radius 2 is 2.14 bits per heavy atom. The van der Waals surface area contributed by atoms with Crippen LogP contribution in [0.4, 0.5) is 0 Å². The second-order valence-electron chi connectivity index (χ2n) is 4.87. The number of rotatable bonds is 4. The zero-order chi connectivity index (χ0) is 15.4. The van der Waals surface area contributed by atoms with E-state index < -0.39 is 0 Å². The summed E-state index contributed by atoms with van der Waals surface area (Å²) in [6.45, 7) is 6.15. The number of hydrogen-bond donors (Lipinski definition) is 0. The Hall–Kier alpha value is -2.61. The monoisotopic (exact) mass is 283 g/mol. The first-order valence-corrected chi connectivity index (χ1v) is 6.84. The largest absolute Gasteiger partial charge is 0.491 e. The fourth-order valence-corrected chi connectivity index (χ4v) is 1.98. The highest BCUT2D eigenvalue weighted by atomic mass is 16.5. The molecule has 0 radical (unpaired) electrons. The van der Waals surface area contributed by atoms with E-state index in [4.69, 9.17) is 10.00 Å². The zero-order valence-electron chi connectivity index (χ0n) is 12.3. The highest BCUT2D eigenvalue weighted by molar-refractivity contribution is 5.62. The maximum Gasteiger partial charge on any atom is 0.284 e. The fourth-order valence-electron chi connectivity index (χ4n) is 1.98. The minimum atomic E-state index is -0.363. The minimum Gasteiger partial charge on any atom is -0.491 e. The smallest absolute Gasteiger partial charge is 0.284 e. The third-order valence-electron chi connectivity index (χ3n) is 2.90. The molecule has 0 unspecified atom stereocenters. The van der Waals surface area contributed by atoms with Crippen LogP contribution in [0.2, 0.25) is 0 Å². The first-order chi connectivity index (χ1) is 10.0. The van der Waals surface area contributed by atoms with Gasteiger partial charge in [0.2, 0.25) is 0 Å². The molecular weight excluding hydrogens is 266 g/mol. The molecule has 1 heterocycles. The molecule has 0 N–H and O–H groups in total. The Bertz CT molecular complexity index is 742. The molecule has 5 nitrogen and oxygen atoms in total. The van der Waals surface area contributed by atoms with E-state index in [1.807, 2.05) is 51.1 Å². The lowest BCUT2D eigenvalue weighted by Crippen LogP contribution is -2.24. The number of nitriles is 1. The van der Waals surface area contributed by atoms with Crippen LogP contribution in [0.15, 0.2) is 35.1 Å². The van der Waals surface area contributed by atoms with Gasteiger partial charge < -0.3 is 4.74 Å². The van der Waals surface area contributed by atoms with Gasteiger partial charge in [-0.25, -0.2) is 4.68 Å². The summed E-state index contributed by atoms with van der Waals surface area (Å²) in [4.78, 5) is 11.9. The molecule has 0 fully saturated rings. The van der Waals surface area contributed by atoms with Crippen molar-refractivity contribution < 1.29 is 4.74 Å². The lowest BCUT2D eigenvalue weighted by Gasteiger charge is -2.11. The van der Waals surface area contributed by atoms with Gasteiger partial charge in [-0.3, -0.25) is 4.79 Å². The molecule has 2 rings (SSSR count). The van der Waals surface area contributed by atoms with Gasteiger partial charge in [0.05, 0.1) is 11.8 Å². The summed E-state index contributed by atoms with van der Waals surface area (Å²) in [5, 5.41) is 13.4. The second kappa shape index (κ2) is 6.23. The Kier molecular flexibility index (Phi) is 4.39. The summed E-state index contributed by atoms with van der Waals surface area (Å²) >= 11 is 0. The van der Waals surface area contributed by atoms with Crippen molar-refractivity contribution in [1.29, 1.82) is 5.26 Å². The summed E-state index contributed by atoms with van der Waals surface area (Å²) in [5.41, 5.74) is 1.13. The topological polar surface area (TPSA) is 67.9 Å². The van der Waals surface area contributed by atoms with E-state index in [1.165, 1.54) is 10.7 Å². The summed E-state index contributed by atoms with van der Waals surface area (Å²) in [5.74, 6) is 0.733. The number of aryl methyl sites for hydroxylation is 1. The predicted molar refractivity (Wildman–Crippen MR) is 80.1 cm³/mol. The highest BCUT2D eigenvalue weighted by Crippen LogP contribution is 2.22. The van der Waals surface area contributed by atoms with Crippen LogP contribution in [0.5, 0.6) is 5.75 Å². The van der Waals surface area contributed by atoms with Crippen LogP contribution < -0.4 is 10.3 Å². The molecule has 21 heavy (non-hydrogen) atoms. The SMILES string of the molecule is CCn1nc(-c2cccc(OC(C)C)c2)cc(C#N)c1=O. The van der Waals surface area contributed by atoms with Crippen LogP contribution in [-0.4, -0.2) is 15.9 Å². The van der Waals surface area contributed by atoms with Crippen molar-refractivity contribution >= 4 is 0 Å². The number of hydrogen-bond acceptors (Lipinski definition) is 4. The number of nitrogens with zero attached hydrogens (tertiary/aromatic N) is 3. The average molecular weight is 283 g/mol. The summed E-state index contributed by atoms with van der Waals surface area (Å²) < 4.78 is 6.95. The molecule has 1 aromatic heterocycles. The molecule has 5 heteroatoms. The maximum absolute atomic E-state index is 11.9. The maximum atomic E-state index is 11.9. The van der Waals surface area contributed by atoms with Crippen molar-refractivity contribution in [2.24, 2.45) is 0 Å². The molecule has 0 saturated carbocycles. The lowest BCUT2D eigenvalue weighted by atomic mass is 10.1. The number of benzene rings is 1. The van der Waals surface area contributed by atoms with Gasteiger partial charge in [0.25, 0.3) is 5.56 Å². The van der Waals surface area contributed by atoms with Gasteiger partial charge in [0, 0.05) is 12.1 Å². The quantitative estimate of drug-likeness (QED) is 0.865. The van der Waals surface area contributed by atoms with Crippen LogP contribution in [0.25, 0.3) is 11.3 Å². The first kappa shape index (κ1) is 14.8. The minimum absolute atomic E-state index is 0.0764. The van der Waals surface area contributed by atoms with Crippen LogP contribution in [-0.2, 0) is 6.54 Å². The van der Waals surface area contributed by atoms with Crippen molar-refractivity contribution in [3.8, 4) is 23.1 Å². The van der Waals surface area contributed by atoms with Crippen molar-refractivity contribution in [1.82, 2.24) is 9.78 Å². The Labute approximate surface area is 123 Å². The summed E-state index contributed by atoms with van der Waals surface area (Å²) in [6.07, 6.45) is 0.0764. The Morgan fingerprint density at radius 3 is 2.76 bits per heavy atom. The van der Waals surface area contributed by atoms with Crippen LogP contribution >= 0.6 is 0 Å². The molecule has 0 bridgehead atoms. The average Bonchev–Trinajstić information content (AvgIpc) is 2.47. The Morgan fingerprint density at radius 1 is 1.38 bits per heavy atom. The summed E-state index contributed by atoms with van der Waals surface area (Å²) in [6, 6.07) is 10.9. The molecule has 2 aromatic rings. The van der Waals surface area contributed by atoms with E-state index in [0.29, 0.717) is 12.2 Å². The van der Waals surface area contributed by atoms with Gasteiger partial charge in [-0.15, -0.1) is 0 Å². The molecule has 0 saturated heterocycles. The van der Waals surface area contributed by atoms with Crippen molar-refractivity contribution in [2.45, 2.75) is 33.4 Å². The second-order valence-corrected chi connectivity index (χ2v) is 4.87. The van der Waals surface area contributed by atoms with Gasteiger partial charge in [-0.2, -0.15) is 10.4 Å². The van der Waals surface area contributed by atoms with Crippen molar-refractivity contribution in [3.05, 3.63) is 46.2 Å². The first-order valence-electron chi connectivity index (χ1n) is 6.84. The molecule has 1 aromatic carbocycles. The van der Waals surface area contributed by atoms with Gasteiger partial charge in [-0.1, -0.05) is 12.1 Å². The molecule has 0 atom stereocenters. The van der Waals surface area contributed by atoms with E-state index in [0.717, 1.165) is 11.3 Å². The highest BCUT2D eigenvalue weighted by Gasteiger charge is 2.09.